The molecule has 1 fully saturated rings. The van der Waals surface area contributed by atoms with Crippen molar-refractivity contribution >= 4 is 25.1 Å². The molecule has 1 aromatic carbocycles. The second-order valence-electron chi connectivity index (χ2n) is 9.79. The average molecular weight is 589 g/mol. The minimum absolute atomic E-state index is 0.0951. The molecule has 14 nitrogen and oxygen atoms in total. The van der Waals surface area contributed by atoms with Crippen molar-refractivity contribution in [2.75, 3.05) is 18.9 Å². The zero-order chi connectivity index (χ0) is 29.8. The lowest BCUT2D eigenvalue weighted by Crippen LogP contribution is -2.41. The number of nitrogens with zero attached hydrogens (tertiary/aromatic N) is 4. The van der Waals surface area contributed by atoms with Crippen LogP contribution in [0.25, 0.3) is 5.52 Å². The highest BCUT2D eigenvalue weighted by molar-refractivity contribution is 7.52. The predicted octanol–water partition coefficient (Wildman–Crippen LogP) is 1.92. The lowest BCUT2D eigenvalue weighted by Gasteiger charge is -2.25. The van der Waals surface area contributed by atoms with Crippen LogP contribution in [0.15, 0.2) is 48.8 Å². The van der Waals surface area contributed by atoms with E-state index in [0.717, 1.165) is 6.42 Å². The van der Waals surface area contributed by atoms with Crippen LogP contribution >= 0.6 is 7.75 Å². The minimum Gasteiger partial charge on any atom is -0.464 e. The molecule has 1 unspecified atom stereocenters. The Labute approximate surface area is 236 Å². The molecule has 0 bridgehead atoms. The molecule has 4 rings (SSSR count). The zero-order valence-corrected chi connectivity index (χ0v) is 23.7. The topological polar surface area (TPSA) is 204 Å². The van der Waals surface area contributed by atoms with Gasteiger partial charge in [-0.05, 0) is 37.1 Å². The number of rotatable bonds is 12. The molecule has 5 N–H and O–H groups in total. The summed E-state index contributed by atoms with van der Waals surface area (Å²) in [6.45, 7) is 4.94. The molecule has 3 heterocycles. The van der Waals surface area contributed by atoms with Gasteiger partial charge < -0.3 is 29.9 Å². The van der Waals surface area contributed by atoms with Crippen molar-refractivity contribution in [2.45, 2.75) is 57.1 Å². The van der Waals surface area contributed by atoms with Crippen molar-refractivity contribution < 1.29 is 38.1 Å². The maximum Gasteiger partial charge on any atom is 0.459 e. The third kappa shape index (κ3) is 6.36. The number of hydrogen-bond acceptors (Lipinski definition) is 12. The van der Waals surface area contributed by atoms with Gasteiger partial charge in [-0.15, -0.1) is 0 Å². The van der Waals surface area contributed by atoms with Gasteiger partial charge >= 0.3 is 13.7 Å². The summed E-state index contributed by atoms with van der Waals surface area (Å²) < 4.78 is 37.6. The fraction of sp³-hybridized carbons (Fsp3) is 0.462. The van der Waals surface area contributed by atoms with Gasteiger partial charge in [0, 0.05) is 0 Å². The van der Waals surface area contributed by atoms with Gasteiger partial charge in [-0.25, -0.2) is 14.1 Å². The maximum absolute atomic E-state index is 13.8. The highest BCUT2D eigenvalue weighted by atomic mass is 31.2. The maximum atomic E-state index is 13.8. The number of hydrogen-bond donors (Lipinski definition) is 4. The number of para-hydroxylation sites is 1. The highest BCUT2D eigenvalue weighted by Crippen LogP contribution is 2.47. The van der Waals surface area contributed by atoms with Crippen molar-refractivity contribution in [3.05, 3.63) is 54.5 Å². The fourth-order valence-corrected chi connectivity index (χ4v) is 5.69. The van der Waals surface area contributed by atoms with Gasteiger partial charge in [0.2, 0.25) is 5.60 Å². The molecule has 0 amide bonds. The molecule has 3 aromatic rings. The number of aliphatic hydroxyl groups excluding tert-OH is 2. The van der Waals surface area contributed by atoms with E-state index in [4.69, 9.17) is 24.3 Å². The molecule has 1 aliphatic rings. The first-order chi connectivity index (χ1) is 19.5. The van der Waals surface area contributed by atoms with Gasteiger partial charge in [-0.2, -0.15) is 15.4 Å². The van der Waals surface area contributed by atoms with Crippen molar-refractivity contribution in [3.63, 3.8) is 0 Å². The molecule has 15 heteroatoms. The minimum atomic E-state index is -4.31. The van der Waals surface area contributed by atoms with Crippen LogP contribution in [0.1, 0.15) is 32.9 Å². The number of aliphatic hydroxyl groups is 2. The Morgan fingerprint density at radius 2 is 2.02 bits per heavy atom. The van der Waals surface area contributed by atoms with E-state index in [0.29, 0.717) is 5.52 Å². The Hall–Kier alpha value is -3.57. The molecule has 0 spiro atoms. The van der Waals surface area contributed by atoms with Gasteiger partial charge in [0.15, 0.2) is 5.82 Å². The highest BCUT2D eigenvalue weighted by Gasteiger charge is 2.58. The summed E-state index contributed by atoms with van der Waals surface area (Å²) in [6, 6.07) is 12.0. The Balaban J connectivity index is 1.54. The molecule has 0 aliphatic carbocycles. The number of esters is 1. The monoisotopic (exact) mass is 588 g/mol. The second-order valence-corrected chi connectivity index (χ2v) is 11.5. The summed E-state index contributed by atoms with van der Waals surface area (Å²) in [6.07, 6.45) is -2.73. The molecule has 0 saturated carbocycles. The van der Waals surface area contributed by atoms with Crippen LogP contribution in [0.3, 0.4) is 0 Å². The molecule has 0 radical (unpaired) electrons. The lowest BCUT2D eigenvalue weighted by atomic mass is 9.92. The summed E-state index contributed by atoms with van der Waals surface area (Å²) in [5.74, 6) is -0.208. The van der Waals surface area contributed by atoms with E-state index in [-0.39, 0.29) is 29.8 Å². The van der Waals surface area contributed by atoms with E-state index in [1.54, 1.807) is 36.4 Å². The normalized spacial score (nSPS) is 25.2. The number of ether oxygens (including phenoxy) is 2. The summed E-state index contributed by atoms with van der Waals surface area (Å²) in [5, 5.41) is 38.6. The zero-order valence-electron chi connectivity index (χ0n) is 22.8. The van der Waals surface area contributed by atoms with E-state index in [2.05, 4.69) is 15.2 Å². The SMILES string of the molecule is CCC(C)COC(=O)[C@H](C)N[P@@](=O)(OC[C@H]1O[C@@](C#N)(c2ccc3c(N)ncnn23)[C@H](O)[C@@H]1O)Oc1ccccc1. The van der Waals surface area contributed by atoms with E-state index in [1.807, 2.05) is 19.9 Å². The fourth-order valence-electron chi connectivity index (χ4n) is 4.19. The van der Waals surface area contributed by atoms with Crippen molar-refractivity contribution in [1.29, 1.82) is 5.26 Å². The molecule has 220 valence electrons. The molecule has 2 aromatic heterocycles. The third-order valence-electron chi connectivity index (χ3n) is 6.78. The smallest absolute Gasteiger partial charge is 0.459 e. The lowest BCUT2D eigenvalue weighted by molar-refractivity contribution is -0.146. The first-order valence-corrected chi connectivity index (χ1v) is 14.6. The number of carbonyl (C=O) groups excluding carboxylic acids is 1. The number of nitriles is 1. The Kier molecular flexibility index (Phi) is 9.28. The van der Waals surface area contributed by atoms with Crippen LogP contribution in [0, 0.1) is 17.2 Å². The third-order valence-corrected chi connectivity index (χ3v) is 8.42. The van der Waals surface area contributed by atoms with Crippen LogP contribution in [0.4, 0.5) is 5.82 Å². The number of nitrogen functional groups attached to an aromatic ring is 1. The summed E-state index contributed by atoms with van der Waals surface area (Å²) in [7, 11) is -4.31. The first-order valence-electron chi connectivity index (χ1n) is 13.0. The summed E-state index contributed by atoms with van der Waals surface area (Å²) >= 11 is 0. The Bertz CT molecular complexity index is 1450. The number of nitrogens with two attached hydrogens (primary N) is 1. The molecule has 41 heavy (non-hydrogen) atoms. The number of nitrogens with one attached hydrogen (secondary N) is 1. The Morgan fingerprint density at radius 3 is 2.71 bits per heavy atom. The van der Waals surface area contributed by atoms with Crippen molar-refractivity contribution in [1.82, 2.24) is 19.7 Å². The number of aromatic nitrogens is 3. The van der Waals surface area contributed by atoms with Crippen LogP contribution in [0.2, 0.25) is 0 Å². The van der Waals surface area contributed by atoms with Gasteiger partial charge in [0.1, 0.15) is 48.0 Å². The second kappa shape index (κ2) is 12.5. The Morgan fingerprint density at radius 1 is 1.29 bits per heavy atom. The molecular formula is C26H33N6O8P. The predicted molar refractivity (Wildman–Crippen MR) is 145 cm³/mol. The number of fused-ring (bicyclic) bond motifs is 1. The van der Waals surface area contributed by atoms with E-state index in [9.17, 15) is 24.8 Å². The van der Waals surface area contributed by atoms with Crippen LogP contribution < -0.4 is 15.3 Å². The van der Waals surface area contributed by atoms with Crippen molar-refractivity contribution in [3.8, 4) is 11.8 Å². The largest absolute Gasteiger partial charge is 0.464 e. The van der Waals surface area contributed by atoms with Crippen LogP contribution in [0.5, 0.6) is 5.75 Å². The van der Waals surface area contributed by atoms with Gasteiger partial charge in [0.25, 0.3) is 0 Å². The van der Waals surface area contributed by atoms with E-state index >= 15 is 0 Å². The van der Waals surface area contributed by atoms with Crippen LogP contribution in [-0.4, -0.2) is 68.3 Å². The molecule has 1 saturated heterocycles. The summed E-state index contributed by atoms with van der Waals surface area (Å²) in [4.78, 5) is 16.5. The standard InChI is InChI=1S/C26H33N6O8P/c1-4-16(2)12-37-25(35)17(3)31-41(36,40-18-8-6-5-7-9-18)38-13-20-22(33)23(34)26(14-27,39-20)21-11-10-19-24(28)29-15-30-32(19)21/h5-11,15-17,20,22-23,33-34H,4,12-13H2,1-3H3,(H,31,36)(H2,28,29,30)/t16?,17-,20+,22+,23+,26-,41+/m0/s1. The number of carbonyl (C=O) groups is 1. The quantitative estimate of drug-likeness (QED) is 0.177. The van der Waals surface area contributed by atoms with Gasteiger partial charge in [0.05, 0.1) is 18.9 Å². The molecule has 1 aliphatic heterocycles. The van der Waals surface area contributed by atoms with E-state index in [1.165, 1.54) is 23.8 Å². The summed E-state index contributed by atoms with van der Waals surface area (Å²) in [5.41, 5.74) is 4.27. The first kappa shape index (κ1) is 30.4. The van der Waals surface area contributed by atoms with Gasteiger partial charge in [-0.3, -0.25) is 9.32 Å². The van der Waals surface area contributed by atoms with Crippen molar-refractivity contribution in [2.24, 2.45) is 5.92 Å². The number of benzene rings is 1. The molecule has 7 atom stereocenters. The van der Waals surface area contributed by atoms with Crippen LogP contribution in [-0.2, 0) is 29.0 Å². The number of anilines is 1. The average Bonchev–Trinajstić information content (AvgIpc) is 3.51. The van der Waals surface area contributed by atoms with E-state index < -0.39 is 50.3 Å². The van der Waals surface area contributed by atoms with Gasteiger partial charge in [-0.1, -0.05) is 38.5 Å². The molecular weight excluding hydrogens is 555 g/mol.